The van der Waals surface area contributed by atoms with Crippen molar-refractivity contribution < 1.29 is 0 Å². The molecule has 0 fully saturated rings. The monoisotopic (exact) mass is 171 g/mol. The normalized spacial score (nSPS) is 18.0. The molecule has 12 heavy (non-hydrogen) atoms. The molecule has 0 aliphatic rings. The Morgan fingerprint density at radius 3 is 1.67 bits per heavy atom. The molecule has 0 saturated carbocycles. The lowest BCUT2D eigenvalue weighted by atomic mass is 9.73. The second kappa shape index (κ2) is 4.27. The van der Waals surface area contributed by atoms with Crippen LogP contribution in [0.15, 0.2) is 0 Å². The fraction of sp³-hybridized carbons (Fsp3) is 1.00. The highest BCUT2D eigenvalue weighted by Gasteiger charge is 2.29. The Morgan fingerprint density at radius 1 is 1.17 bits per heavy atom. The molecule has 74 valence electrons. The maximum Gasteiger partial charge on any atom is 0.0125 e. The third kappa shape index (κ3) is 3.14. The minimum absolute atomic E-state index is 0.0368. The summed E-state index contributed by atoms with van der Waals surface area (Å²) in [4.78, 5) is 0. The van der Waals surface area contributed by atoms with Crippen molar-refractivity contribution in [1.82, 2.24) is 0 Å². The second-order valence-corrected chi connectivity index (χ2v) is 4.93. The fourth-order valence-electron chi connectivity index (χ4n) is 1.95. The minimum Gasteiger partial charge on any atom is -0.325 e. The van der Waals surface area contributed by atoms with Crippen LogP contribution in [0.5, 0.6) is 0 Å². The van der Waals surface area contributed by atoms with Gasteiger partial charge in [-0.15, -0.1) is 0 Å². The van der Waals surface area contributed by atoms with Crippen LogP contribution in [0.1, 0.15) is 48.0 Å². The van der Waals surface area contributed by atoms with Crippen LogP contribution in [-0.2, 0) is 0 Å². The maximum atomic E-state index is 6.09. The van der Waals surface area contributed by atoms with Gasteiger partial charge in [-0.1, -0.05) is 34.1 Å². The van der Waals surface area contributed by atoms with Crippen LogP contribution in [0, 0.1) is 17.8 Å². The van der Waals surface area contributed by atoms with E-state index in [0.717, 1.165) is 11.8 Å². The topological polar surface area (TPSA) is 26.0 Å². The zero-order chi connectivity index (χ0) is 9.94. The summed E-state index contributed by atoms with van der Waals surface area (Å²) in [7, 11) is 0. The summed E-state index contributed by atoms with van der Waals surface area (Å²) >= 11 is 0. The first-order valence-electron chi connectivity index (χ1n) is 5.09. The van der Waals surface area contributed by atoms with Gasteiger partial charge < -0.3 is 5.73 Å². The van der Waals surface area contributed by atoms with Gasteiger partial charge in [0.25, 0.3) is 0 Å². The van der Waals surface area contributed by atoms with Gasteiger partial charge in [-0.05, 0) is 31.6 Å². The van der Waals surface area contributed by atoms with Gasteiger partial charge in [-0.2, -0.15) is 0 Å². The molecule has 0 aromatic rings. The molecule has 1 heteroatoms. The van der Waals surface area contributed by atoms with Gasteiger partial charge in [0.1, 0.15) is 0 Å². The highest BCUT2D eigenvalue weighted by molar-refractivity contribution is 4.84. The van der Waals surface area contributed by atoms with E-state index in [4.69, 9.17) is 5.73 Å². The van der Waals surface area contributed by atoms with Gasteiger partial charge in [-0.3, -0.25) is 0 Å². The van der Waals surface area contributed by atoms with Gasteiger partial charge in [-0.25, -0.2) is 0 Å². The van der Waals surface area contributed by atoms with Crippen LogP contribution in [0.3, 0.4) is 0 Å². The van der Waals surface area contributed by atoms with Gasteiger partial charge in [0.05, 0.1) is 0 Å². The number of rotatable bonds is 4. The summed E-state index contributed by atoms with van der Waals surface area (Å²) in [6.07, 6.45) is 1.24. The van der Waals surface area contributed by atoms with Crippen molar-refractivity contribution in [2.45, 2.75) is 53.5 Å². The minimum atomic E-state index is -0.0368. The van der Waals surface area contributed by atoms with Crippen molar-refractivity contribution in [3.63, 3.8) is 0 Å². The predicted molar refractivity (Wildman–Crippen MR) is 56.0 cm³/mol. The summed E-state index contributed by atoms with van der Waals surface area (Å²) in [5.41, 5.74) is 6.06. The quantitative estimate of drug-likeness (QED) is 0.691. The average Bonchev–Trinajstić information content (AvgIpc) is 1.86. The Labute approximate surface area is 77.7 Å². The van der Waals surface area contributed by atoms with Crippen molar-refractivity contribution in [2.75, 3.05) is 0 Å². The van der Waals surface area contributed by atoms with Crippen molar-refractivity contribution >= 4 is 0 Å². The van der Waals surface area contributed by atoms with E-state index in [1.807, 2.05) is 0 Å². The Balaban J connectivity index is 4.32. The third-order valence-electron chi connectivity index (χ3n) is 3.14. The zero-order valence-electron chi connectivity index (χ0n) is 9.52. The fourth-order valence-corrected chi connectivity index (χ4v) is 1.95. The van der Waals surface area contributed by atoms with E-state index in [9.17, 15) is 0 Å². The van der Waals surface area contributed by atoms with E-state index in [1.54, 1.807) is 0 Å². The van der Waals surface area contributed by atoms with E-state index >= 15 is 0 Å². The van der Waals surface area contributed by atoms with Crippen LogP contribution in [0.25, 0.3) is 0 Å². The molecular formula is C11H25N. The van der Waals surface area contributed by atoms with E-state index in [-0.39, 0.29) is 5.54 Å². The second-order valence-electron chi connectivity index (χ2n) is 4.93. The summed E-state index contributed by atoms with van der Waals surface area (Å²) in [5.74, 6) is 2.10. The van der Waals surface area contributed by atoms with Crippen LogP contribution < -0.4 is 5.73 Å². The van der Waals surface area contributed by atoms with Crippen molar-refractivity contribution in [3.8, 4) is 0 Å². The van der Waals surface area contributed by atoms with Crippen LogP contribution in [0.2, 0.25) is 0 Å². The summed E-state index contributed by atoms with van der Waals surface area (Å²) < 4.78 is 0. The largest absolute Gasteiger partial charge is 0.325 e. The SMILES string of the molecule is CCC(C(C)C)C(C)C(C)(C)N. The Kier molecular flexibility index (Phi) is 4.25. The average molecular weight is 171 g/mol. The van der Waals surface area contributed by atoms with Crippen LogP contribution >= 0.6 is 0 Å². The third-order valence-corrected chi connectivity index (χ3v) is 3.14. The molecule has 0 bridgehead atoms. The van der Waals surface area contributed by atoms with Crippen LogP contribution in [-0.4, -0.2) is 5.54 Å². The molecule has 0 aliphatic heterocycles. The first-order chi connectivity index (χ1) is 5.30. The lowest BCUT2D eigenvalue weighted by Gasteiger charge is -2.36. The van der Waals surface area contributed by atoms with Crippen molar-refractivity contribution in [3.05, 3.63) is 0 Å². The van der Waals surface area contributed by atoms with Crippen molar-refractivity contribution in [2.24, 2.45) is 23.5 Å². The molecule has 0 heterocycles. The molecule has 0 aliphatic carbocycles. The summed E-state index contributed by atoms with van der Waals surface area (Å²) in [5, 5.41) is 0. The predicted octanol–water partition coefficient (Wildman–Crippen LogP) is 3.04. The molecule has 0 aromatic carbocycles. The molecule has 0 amide bonds. The molecule has 0 aromatic heterocycles. The van der Waals surface area contributed by atoms with E-state index in [1.165, 1.54) is 6.42 Å². The number of hydrogen-bond acceptors (Lipinski definition) is 1. The van der Waals surface area contributed by atoms with Gasteiger partial charge in [0.2, 0.25) is 0 Å². The smallest absolute Gasteiger partial charge is 0.0125 e. The highest BCUT2D eigenvalue weighted by Crippen LogP contribution is 2.30. The highest BCUT2D eigenvalue weighted by atomic mass is 14.7. The first kappa shape index (κ1) is 12.0. The molecule has 0 rings (SSSR count). The summed E-state index contributed by atoms with van der Waals surface area (Å²) in [6, 6.07) is 0. The Hall–Kier alpha value is -0.0400. The standard InChI is InChI=1S/C11H25N/c1-7-10(8(2)3)9(4)11(5,6)12/h8-10H,7,12H2,1-6H3. The lowest BCUT2D eigenvalue weighted by Crippen LogP contribution is -2.44. The summed E-state index contributed by atoms with van der Waals surface area (Å²) in [6.45, 7) is 13.4. The lowest BCUT2D eigenvalue weighted by molar-refractivity contribution is 0.182. The molecular weight excluding hydrogens is 146 g/mol. The van der Waals surface area contributed by atoms with E-state index in [0.29, 0.717) is 5.92 Å². The Bertz CT molecular complexity index is 121. The van der Waals surface area contributed by atoms with Gasteiger partial charge in [0, 0.05) is 5.54 Å². The van der Waals surface area contributed by atoms with E-state index < -0.39 is 0 Å². The van der Waals surface area contributed by atoms with Gasteiger partial charge in [0.15, 0.2) is 0 Å². The molecule has 2 unspecified atom stereocenters. The molecule has 1 nitrogen and oxygen atoms in total. The van der Waals surface area contributed by atoms with E-state index in [2.05, 4.69) is 41.5 Å². The molecule has 2 N–H and O–H groups in total. The molecule has 0 radical (unpaired) electrons. The first-order valence-corrected chi connectivity index (χ1v) is 5.09. The van der Waals surface area contributed by atoms with Crippen LogP contribution in [0.4, 0.5) is 0 Å². The Morgan fingerprint density at radius 2 is 1.58 bits per heavy atom. The zero-order valence-corrected chi connectivity index (χ0v) is 9.52. The number of nitrogens with two attached hydrogens (primary N) is 1. The molecule has 0 spiro atoms. The molecule has 0 saturated heterocycles. The van der Waals surface area contributed by atoms with Gasteiger partial charge >= 0.3 is 0 Å². The maximum absolute atomic E-state index is 6.09. The number of hydrogen-bond donors (Lipinski definition) is 1. The molecule has 2 atom stereocenters. The van der Waals surface area contributed by atoms with Crippen molar-refractivity contribution in [1.29, 1.82) is 0 Å².